The summed E-state index contributed by atoms with van der Waals surface area (Å²) >= 11 is 0. The lowest BCUT2D eigenvalue weighted by atomic mass is 10.1. The average Bonchev–Trinajstić information content (AvgIpc) is 2.91. The number of nitrogens with one attached hydrogen (secondary N) is 1. The molecule has 1 aromatic rings. The number of hydrogen-bond donors (Lipinski definition) is 2. The molecule has 0 saturated carbocycles. The van der Waals surface area contributed by atoms with Gasteiger partial charge in [-0.2, -0.15) is 5.10 Å². The van der Waals surface area contributed by atoms with Crippen molar-refractivity contribution in [2.24, 2.45) is 7.05 Å². The fourth-order valence-electron chi connectivity index (χ4n) is 2.83. The molecule has 1 aliphatic rings. The van der Waals surface area contributed by atoms with Crippen molar-refractivity contribution in [3.8, 4) is 0 Å². The van der Waals surface area contributed by atoms with Crippen LogP contribution < -0.4 is 5.32 Å². The Morgan fingerprint density at radius 3 is 2.67 bits per heavy atom. The summed E-state index contributed by atoms with van der Waals surface area (Å²) in [7, 11) is 1.90. The zero-order chi connectivity index (χ0) is 17.5. The highest BCUT2D eigenvalue weighted by Crippen LogP contribution is 2.16. The Morgan fingerprint density at radius 1 is 1.38 bits per heavy atom. The fourth-order valence-corrected chi connectivity index (χ4v) is 2.83. The van der Waals surface area contributed by atoms with E-state index in [9.17, 15) is 4.79 Å². The van der Waals surface area contributed by atoms with Crippen molar-refractivity contribution in [2.75, 3.05) is 52.5 Å². The number of hydrogen-bond acceptors (Lipinski definition) is 5. The van der Waals surface area contributed by atoms with E-state index >= 15 is 0 Å². The Bertz CT molecular complexity index is 526. The largest absolute Gasteiger partial charge is 0.394 e. The van der Waals surface area contributed by atoms with Gasteiger partial charge in [-0.3, -0.25) is 9.58 Å². The van der Waals surface area contributed by atoms with E-state index in [0.717, 1.165) is 30.9 Å². The monoisotopic (exact) mass is 339 g/mol. The van der Waals surface area contributed by atoms with Crippen molar-refractivity contribution in [1.29, 1.82) is 0 Å². The topological polar surface area (TPSA) is 82.9 Å². The van der Waals surface area contributed by atoms with Gasteiger partial charge in [0.15, 0.2) is 0 Å². The Kier molecular flexibility index (Phi) is 7.01. The van der Waals surface area contributed by atoms with Crippen LogP contribution in [-0.2, 0) is 11.8 Å². The summed E-state index contributed by atoms with van der Waals surface area (Å²) < 4.78 is 7.10. The summed E-state index contributed by atoms with van der Waals surface area (Å²) in [4.78, 5) is 16.6. The fraction of sp³-hybridized carbons (Fsp3) is 0.750. The van der Waals surface area contributed by atoms with Gasteiger partial charge in [0, 0.05) is 51.0 Å². The van der Waals surface area contributed by atoms with Gasteiger partial charge in [0.25, 0.3) is 0 Å². The molecule has 8 heteroatoms. The van der Waals surface area contributed by atoms with Crippen LogP contribution in [-0.4, -0.2) is 83.3 Å². The molecule has 0 aliphatic carbocycles. The van der Waals surface area contributed by atoms with E-state index in [1.807, 2.05) is 36.7 Å². The van der Waals surface area contributed by atoms with Crippen LogP contribution in [0.1, 0.15) is 24.2 Å². The number of aromatic nitrogens is 2. The van der Waals surface area contributed by atoms with Crippen molar-refractivity contribution in [1.82, 2.24) is 24.9 Å². The van der Waals surface area contributed by atoms with Crippen molar-refractivity contribution in [3.63, 3.8) is 0 Å². The third-order valence-electron chi connectivity index (χ3n) is 4.53. The lowest BCUT2D eigenvalue weighted by Crippen LogP contribution is -2.52. The molecule has 2 rings (SSSR count). The molecule has 1 saturated heterocycles. The van der Waals surface area contributed by atoms with Crippen molar-refractivity contribution < 1.29 is 14.6 Å². The first-order valence-corrected chi connectivity index (χ1v) is 8.47. The molecule has 8 nitrogen and oxygen atoms in total. The molecule has 0 spiro atoms. The van der Waals surface area contributed by atoms with Gasteiger partial charge in [0.1, 0.15) is 0 Å². The van der Waals surface area contributed by atoms with Crippen molar-refractivity contribution >= 4 is 6.03 Å². The highest BCUT2D eigenvalue weighted by Gasteiger charge is 2.23. The number of rotatable bonds is 7. The van der Waals surface area contributed by atoms with E-state index in [4.69, 9.17) is 9.84 Å². The van der Waals surface area contributed by atoms with E-state index in [1.165, 1.54) is 0 Å². The van der Waals surface area contributed by atoms with Gasteiger partial charge in [-0.25, -0.2) is 4.79 Å². The number of ether oxygens (including phenoxy) is 1. The van der Waals surface area contributed by atoms with Gasteiger partial charge in [-0.05, 0) is 13.8 Å². The second-order valence-corrected chi connectivity index (χ2v) is 6.14. The minimum atomic E-state index is -0.0592. The molecule has 0 radical (unpaired) electrons. The van der Waals surface area contributed by atoms with Crippen molar-refractivity contribution in [3.05, 3.63) is 17.5 Å². The van der Waals surface area contributed by atoms with Crippen molar-refractivity contribution in [2.45, 2.75) is 19.9 Å². The van der Waals surface area contributed by atoms with Crippen LogP contribution in [0.2, 0.25) is 0 Å². The van der Waals surface area contributed by atoms with Crippen LogP contribution in [0.3, 0.4) is 0 Å². The van der Waals surface area contributed by atoms with Gasteiger partial charge in [0.05, 0.1) is 32.1 Å². The summed E-state index contributed by atoms with van der Waals surface area (Å²) in [5.74, 6) is 0. The van der Waals surface area contributed by atoms with Gasteiger partial charge >= 0.3 is 6.03 Å². The standard InChI is InChI=1S/C16H29N5O3/c1-13(15-12-17-19(3)14(15)2)18-16(23)21-6-4-20(5-7-21)8-10-24-11-9-22/h12-13,22H,4-11H2,1-3H3,(H,18,23). The predicted molar refractivity (Wildman–Crippen MR) is 90.8 cm³/mol. The molecule has 1 unspecified atom stereocenters. The smallest absolute Gasteiger partial charge is 0.317 e. The van der Waals surface area contributed by atoms with E-state index in [2.05, 4.69) is 15.3 Å². The number of aliphatic hydroxyl groups is 1. The lowest BCUT2D eigenvalue weighted by Gasteiger charge is -2.35. The first-order valence-electron chi connectivity index (χ1n) is 8.47. The molecular weight excluding hydrogens is 310 g/mol. The highest BCUT2D eigenvalue weighted by molar-refractivity contribution is 5.74. The molecule has 2 amide bonds. The second-order valence-electron chi connectivity index (χ2n) is 6.14. The normalized spacial score (nSPS) is 17.1. The second kappa shape index (κ2) is 9.00. The number of carbonyl (C=O) groups excluding carboxylic acids is 1. The molecule has 0 bridgehead atoms. The maximum Gasteiger partial charge on any atom is 0.317 e. The van der Waals surface area contributed by atoms with Gasteiger partial charge in [-0.1, -0.05) is 0 Å². The van der Waals surface area contributed by atoms with Gasteiger partial charge in [-0.15, -0.1) is 0 Å². The third kappa shape index (κ3) is 4.93. The summed E-state index contributed by atoms with van der Waals surface area (Å²) in [6.45, 7) is 8.99. The molecule has 136 valence electrons. The summed E-state index contributed by atoms with van der Waals surface area (Å²) in [5, 5.41) is 16.0. The van der Waals surface area contributed by atoms with E-state index in [1.54, 1.807) is 0 Å². The number of aryl methyl sites for hydroxylation is 1. The maximum atomic E-state index is 12.4. The van der Waals surface area contributed by atoms with E-state index < -0.39 is 0 Å². The summed E-state index contributed by atoms with van der Waals surface area (Å²) in [6.07, 6.45) is 1.81. The molecular formula is C16H29N5O3. The number of nitrogens with zero attached hydrogens (tertiary/aromatic N) is 4. The summed E-state index contributed by atoms with van der Waals surface area (Å²) in [5.41, 5.74) is 2.11. The zero-order valence-electron chi connectivity index (χ0n) is 14.9. The first kappa shape index (κ1) is 18.7. The Balaban J connectivity index is 1.73. The van der Waals surface area contributed by atoms with Crippen LogP contribution in [0.5, 0.6) is 0 Å². The minimum Gasteiger partial charge on any atom is -0.394 e. The minimum absolute atomic E-state index is 0.0260. The van der Waals surface area contributed by atoms with E-state index in [0.29, 0.717) is 26.3 Å². The third-order valence-corrected chi connectivity index (χ3v) is 4.53. The number of amides is 2. The Morgan fingerprint density at radius 2 is 2.08 bits per heavy atom. The molecule has 0 aromatic carbocycles. The van der Waals surface area contributed by atoms with Crippen LogP contribution in [0.15, 0.2) is 6.20 Å². The summed E-state index contributed by atoms with van der Waals surface area (Å²) in [6, 6.07) is -0.0851. The quantitative estimate of drug-likeness (QED) is 0.690. The number of carbonyl (C=O) groups is 1. The van der Waals surface area contributed by atoms with Crippen LogP contribution in [0.4, 0.5) is 4.79 Å². The Hall–Kier alpha value is -1.64. The molecule has 1 aliphatic heterocycles. The maximum absolute atomic E-state index is 12.4. The van der Waals surface area contributed by atoms with Gasteiger partial charge < -0.3 is 20.1 Å². The van der Waals surface area contributed by atoms with E-state index in [-0.39, 0.29) is 18.7 Å². The average molecular weight is 339 g/mol. The molecule has 1 fully saturated rings. The SMILES string of the molecule is Cc1c(C(C)NC(=O)N2CCN(CCOCCO)CC2)cnn1C. The predicted octanol–water partition coefficient (Wildman–Crippen LogP) is 0.126. The number of piperazine rings is 1. The van der Waals surface area contributed by atoms with Crippen LogP contribution >= 0.6 is 0 Å². The molecule has 24 heavy (non-hydrogen) atoms. The molecule has 1 aromatic heterocycles. The lowest BCUT2D eigenvalue weighted by molar-refractivity contribution is 0.0617. The van der Waals surface area contributed by atoms with Crippen LogP contribution in [0, 0.1) is 6.92 Å². The van der Waals surface area contributed by atoms with Crippen LogP contribution in [0.25, 0.3) is 0 Å². The first-order chi connectivity index (χ1) is 11.5. The van der Waals surface area contributed by atoms with Gasteiger partial charge in [0.2, 0.25) is 0 Å². The molecule has 1 atom stereocenters. The highest BCUT2D eigenvalue weighted by atomic mass is 16.5. The molecule has 2 heterocycles. The zero-order valence-corrected chi connectivity index (χ0v) is 14.9. The number of urea groups is 1. The Labute approximate surface area is 143 Å². The number of aliphatic hydroxyl groups excluding tert-OH is 1. The molecule has 2 N–H and O–H groups in total.